The molecule has 0 amide bonds. The van der Waals surface area contributed by atoms with Crippen LogP contribution in [0.4, 0.5) is 0 Å². The minimum absolute atomic E-state index is 0.242. The lowest BCUT2D eigenvalue weighted by Gasteiger charge is -2.12. The second-order valence-corrected chi connectivity index (χ2v) is 7.87. The van der Waals surface area contributed by atoms with Crippen LogP contribution < -0.4 is 0 Å². The van der Waals surface area contributed by atoms with E-state index in [1.54, 1.807) is 11.8 Å². The summed E-state index contributed by atoms with van der Waals surface area (Å²) >= 11 is 1.75. The molecule has 1 aliphatic rings. The molecule has 0 saturated carbocycles. The lowest BCUT2D eigenvalue weighted by Crippen LogP contribution is -2.03. The first-order chi connectivity index (χ1) is 13.2. The third kappa shape index (κ3) is 2.75. The SMILES string of the molecule is Cc1cc(C)n(-c2ccc(SC3c4ccccc4-c4ccccc43)nn2)n1. The highest BCUT2D eigenvalue weighted by Crippen LogP contribution is 2.51. The van der Waals surface area contributed by atoms with Crippen LogP contribution in [0.3, 0.4) is 0 Å². The van der Waals surface area contributed by atoms with Crippen LogP contribution in [0.15, 0.2) is 71.8 Å². The van der Waals surface area contributed by atoms with Gasteiger partial charge in [0.05, 0.1) is 10.9 Å². The van der Waals surface area contributed by atoms with E-state index in [1.165, 1.54) is 22.3 Å². The number of aryl methyl sites for hydroxylation is 2. The predicted molar refractivity (Wildman–Crippen MR) is 108 cm³/mol. The summed E-state index contributed by atoms with van der Waals surface area (Å²) in [4.78, 5) is 0. The van der Waals surface area contributed by atoms with E-state index in [0.29, 0.717) is 0 Å². The molecule has 2 aromatic heterocycles. The van der Waals surface area contributed by atoms with E-state index in [-0.39, 0.29) is 5.25 Å². The molecule has 0 radical (unpaired) electrons. The van der Waals surface area contributed by atoms with Gasteiger partial charge in [-0.15, -0.1) is 10.2 Å². The summed E-state index contributed by atoms with van der Waals surface area (Å²) in [5, 5.41) is 14.5. The molecule has 0 aliphatic heterocycles. The third-order valence-corrected chi connectivity index (χ3v) is 6.07. The highest BCUT2D eigenvalue weighted by atomic mass is 32.2. The summed E-state index contributed by atoms with van der Waals surface area (Å²) in [6.45, 7) is 4.01. The zero-order valence-corrected chi connectivity index (χ0v) is 15.9. The van der Waals surface area contributed by atoms with Gasteiger partial charge in [0.2, 0.25) is 0 Å². The van der Waals surface area contributed by atoms with Gasteiger partial charge >= 0.3 is 0 Å². The molecule has 0 bridgehead atoms. The van der Waals surface area contributed by atoms with Gasteiger partial charge in [-0.3, -0.25) is 0 Å². The molecule has 2 aromatic carbocycles. The van der Waals surface area contributed by atoms with Crippen LogP contribution in [-0.2, 0) is 0 Å². The molecule has 27 heavy (non-hydrogen) atoms. The number of thioether (sulfide) groups is 1. The molecule has 4 aromatic rings. The van der Waals surface area contributed by atoms with Gasteiger partial charge in [-0.25, -0.2) is 4.68 Å². The molecular weight excluding hydrogens is 352 g/mol. The van der Waals surface area contributed by atoms with Crippen molar-refractivity contribution in [3.05, 3.63) is 89.2 Å². The van der Waals surface area contributed by atoms with Crippen molar-refractivity contribution in [2.24, 2.45) is 0 Å². The van der Waals surface area contributed by atoms with Crippen LogP contribution in [0, 0.1) is 13.8 Å². The van der Waals surface area contributed by atoms with Crippen molar-refractivity contribution < 1.29 is 0 Å². The first kappa shape index (κ1) is 16.3. The van der Waals surface area contributed by atoms with Crippen LogP contribution in [0.25, 0.3) is 16.9 Å². The number of aromatic nitrogens is 4. The monoisotopic (exact) mass is 370 g/mol. The Balaban J connectivity index is 1.48. The number of benzene rings is 2. The topological polar surface area (TPSA) is 43.6 Å². The summed E-state index contributed by atoms with van der Waals surface area (Å²) in [5.41, 5.74) is 7.35. The van der Waals surface area contributed by atoms with Crippen LogP contribution in [0.5, 0.6) is 0 Å². The highest BCUT2D eigenvalue weighted by Gasteiger charge is 2.29. The molecular formula is C22H18N4S. The summed E-state index contributed by atoms with van der Waals surface area (Å²) in [6, 6.07) is 23.3. The first-order valence-electron chi connectivity index (χ1n) is 8.93. The molecule has 0 spiro atoms. The van der Waals surface area contributed by atoms with E-state index in [1.807, 2.05) is 36.7 Å². The van der Waals surface area contributed by atoms with Crippen LogP contribution in [-0.4, -0.2) is 20.0 Å². The number of rotatable bonds is 3. The number of fused-ring (bicyclic) bond motifs is 3. The van der Waals surface area contributed by atoms with Gasteiger partial charge in [0, 0.05) is 5.69 Å². The van der Waals surface area contributed by atoms with Gasteiger partial charge < -0.3 is 0 Å². The smallest absolute Gasteiger partial charge is 0.175 e. The van der Waals surface area contributed by atoms with E-state index in [9.17, 15) is 0 Å². The van der Waals surface area contributed by atoms with Crippen molar-refractivity contribution in [2.75, 3.05) is 0 Å². The van der Waals surface area contributed by atoms with E-state index in [0.717, 1.165) is 22.2 Å². The maximum atomic E-state index is 4.48. The van der Waals surface area contributed by atoms with Gasteiger partial charge in [0.25, 0.3) is 0 Å². The van der Waals surface area contributed by atoms with Crippen molar-refractivity contribution in [3.63, 3.8) is 0 Å². The van der Waals surface area contributed by atoms with Gasteiger partial charge in [-0.2, -0.15) is 5.10 Å². The van der Waals surface area contributed by atoms with Gasteiger partial charge in [0.1, 0.15) is 5.03 Å². The van der Waals surface area contributed by atoms with E-state index in [2.05, 4.69) is 63.8 Å². The van der Waals surface area contributed by atoms with Crippen LogP contribution in [0.2, 0.25) is 0 Å². The van der Waals surface area contributed by atoms with Gasteiger partial charge in [-0.05, 0) is 54.3 Å². The summed E-state index contributed by atoms with van der Waals surface area (Å²) in [6.07, 6.45) is 0. The Morgan fingerprint density at radius 3 is 2.04 bits per heavy atom. The van der Waals surface area contributed by atoms with Crippen LogP contribution >= 0.6 is 11.8 Å². The number of hydrogen-bond acceptors (Lipinski definition) is 4. The van der Waals surface area contributed by atoms with Crippen molar-refractivity contribution in [1.82, 2.24) is 20.0 Å². The minimum Gasteiger partial charge on any atom is -0.218 e. The molecule has 1 aliphatic carbocycles. The van der Waals surface area contributed by atoms with Crippen molar-refractivity contribution in [3.8, 4) is 16.9 Å². The molecule has 132 valence electrons. The number of hydrogen-bond donors (Lipinski definition) is 0. The van der Waals surface area contributed by atoms with E-state index < -0.39 is 0 Å². The Bertz CT molecular complexity index is 1090. The minimum atomic E-state index is 0.242. The van der Waals surface area contributed by atoms with E-state index >= 15 is 0 Å². The molecule has 5 heteroatoms. The molecule has 0 unspecified atom stereocenters. The summed E-state index contributed by atoms with van der Waals surface area (Å²) < 4.78 is 1.83. The zero-order valence-electron chi connectivity index (χ0n) is 15.1. The Hall–Kier alpha value is -2.92. The third-order valence-electron chi connectivity index (χ3n) is 4.87. The summed E-state index contributed by atoms with van der Waals surface area (Å²) in [5.74, 6) is 0.747. The maximum absolute atomic E-state index is 4.48. The Labute approximate surface area is 162 Å². The molecule has 0 N–H and O–H groups in total. The fourth-order valence-corrected chi connectivity index (χ4v) is 4.85. The molecule has 0 fully saturated rings. The number of nitrogens with zero attached hydrogens (tertiary/aromatic N) is 4. The molecule has 5 rings (SSSR count). The lowest BCUT2D eigenvalue weighted by atomic mass is 10.1. The van der Waals surface area contributed by atoms with Crippen molar-refractivity contribution in [1.29, 1.82) is 0 Å². The second kappa shape index (κ2) is 6.35. The highest BCUT2D eigenvalue weighted by molar-refractivity contribution is 7.99. The average Bonchev–Trinajstić information content (AvgIpc) is 3.20. The Morgan fingerprint density at radius 2 is 1.48 bits per heavy atom. The molecule has 4 nitrogen and oxygen atoms in total. The maximum Gasteiger partial charge on any atom is 0.175 e. The molecule has 0 saturated heterocycles. The predicted octanol–water partition coefficient (Wildman–Crippen LogP) is 5.14. The van der Waals surface area contributed by atoms with Gasteiger partial charge in [0.15, 0.2) is 5.82 Å². The Kier molecular flexibility index (Phi) is 3.83. The van der Waals surface area contributed by atoms with Crippen LogP contribution in [0.1, 0.15) is 27.8 Å². The first-order valence-corrected chi connectivity index (χ1v) is 9.81. The largest absolute Gasteiger partial charge is 0.218 e. The van der Waals surface area contributed by atoms with Crippen molar-refractivity contribution >= 4 is 11.8 Å². The standard InChI is InChI=1S/C22H18N4S/c1-14-13-15(2)26(25-14)20-11-12-21(24-23-20)27-22-18-9-5-3-7-16(18)17-8-4-6-10-19(17)22/h3-13,22H,1-2H3. The van der Waals surface area contributed by atoms with E-state index in [4.69, 9.17) is 0 Å². The normalized spacial score (nSPS) is 12.8. The molecule has 2 heterocycles. The summed E-state index contributed by atoms with van der Waals surface area (Å²) in [7, 11) is 0. The van der Waals surface area contributed by atoms with Gasteiger partial charge in [-0.1, -0.05) is 60.3 Å². The van der Waals surface area contributed by atoms with Crippen molar-refractivity contribution in [2.45, 2.75) is 24.1 Å². The second-order valence-electron chi connectivity index (χ2n) is 6.74. The average molecular weight is 370 g/mol. The fourth-order valence-electron chi connectivity index (χ4n) is 3.71. The lowest BCUT2D eigenvalue weighted by molar-refractivity contribution is 0.765. The fraction of sp³-hybridized carbons (Fsp3) is 0.136. The zero-order chi connectivity index (χ0) is 18.4. The quantitative estimate of drug-likeness (QED) is 0.501. The Morgan fingerprint density at radius 1 is 0.815 bits per heavy atom. The molecule has 0 atom stereocenters.